The largest absolute Gasteiger partial charge is 0.390 e. The Balaban J connectivity index is 2.87. The van der Waals surface area contributed by atoms with Crippen LogP contribution in [0.15, 0.2) is 29.2 Å². The van der Waals surface area contributed by atoms with E-state index in [1.54, 1.807) is 0 Å². The van der Waals surface area contributed by atoms with Gasteiger partial charge >= 0.3 is 6.18 Å². The molecule has 1 aromatic rings. The van der Waals surface area contributed by atoms with Crippen LogP contribution in [0.4, 0.5) is 13.2 Å². The summed E-state index contributed by atoms with van der Waals surface area (Å²) in [6.45, 7) is 0.892. The second kappa shape index (κ2) is 6.11. The third-order valence-corrected chi connectivity index (χ3v) is 4.65. The van der Waals surface area contributed by atoms with Crippen LogP contribution in [-0.2, 0) is 10.0 Å². The number of alkyl halides is 3. The topological polar surface area (TPSA) is 57.6 Å². The maximum atomic E-state index is 12.1. The third kappa shape index (κ3) is 4.46. The summed E-state index contributed by atoms with van der Waals surface area (Å²) in [6, 6.07) is 5.38. The lowest BCUT2D eigenvalue weighted by Gasteiger charge is -2.18. The molecule has 0 aliphatic carbocycles. The van der Waals surface area contributed by atoms with Crippen LogP contribution in [0.3, 0.4) is 0 Å². The molecule has 1 rings (SSSR count). The fraction of sp³-hybridized carbons (Fsp3) is 0.500. The number of aliphatic hydroxyl groups is 1. The van der Waals surface area contributed by atoms with Gasteiger partial charge in [0.05, 0.1) is 17.4 Å². The molecule has 1 N–H and O–H groups in total. The first-order valence-electron chi connectivity index (χ1n) is 5.85. The molecule has 1 unspecified atom stereocenters. The van der Waals surface area contributed by atoms with E-state index < -0.39 is 35.3 Å². The van der Waals surface area contributed by atoms with Crippen LogP contribution in [0.2, 0.25) is 0 Å². The summed E-state index contributed by atoms with van der Waals surface area (Å²) in [5.41, 5.74) is 0.530. The molecular formula is C12H16F3NO3S. The molecule has 0 spiro atoms. The van der Waals surface area contributed by atoms with Gasteiger partial charge in [-0.05, 0) is 24.6 Å². The normalized spacial score (nSPS) is 14.6. The van der Waals surface area contributed by atoms with Crippen molar-refractivity contribution in [2.75, 3.05) is 13.6 Å². The maximum Gasteiger partial charge on any atom is 0.390 e. The Hall–Kier alpha value is -1.12. The van der Waals surface area contributed by atoms with Gasteiger partial charge in [-0.2, -0.15) is 13.2 Å². The number of sulfonamides is 1. The van der Waals surface area contributed by atoms with Crippen molar-refractivity contribution < 1.29 is 26.7 Å². The van der Waals surface area contributed by atoms with E-state index in [0.717, 1.165) is 7.05 Å². The van der Waals surface area contributed by atoms with Gasteiger partial charge in [0.1, 0.15) is 0 Å². The number of benzene rings is 1. The fourth-order valence-electron chi connectivity index (χ4n) is 1.50. The Kier molecular flexibility index (Phi) is 5.17. The Labute approximate surface area is 115 Å². The van der Waals surface area contributed by atoms with Crippen molar-refractivity contribution in [1.82, 2.24) is 4.31 Å². The predicted molar refractivity (Wildman–Crippen MR) is 67.6 cm³/mol. The summed E-state index contributed by atoms with van der Waals surface area (Å²) in [4.78, 5) is -0.105. The first-order valence-corrected chi connectivity index (χ1v) is 7.29. The Morgan fingerprint density at radius 3 is 2.15 bits per heavy atom. The number of nitrogens with zero attached hydrogens (tertiary/aromatic N) is 1. The minimum atomic E-state index is -4.40. The molecule has 0 aromatic heterocycles. The molecule has 0 aliphatic heterocycles. The Bertz CT molecular complexity index is 538. The van der Waals surface area contributed by atoms with Gasteiger partial charge in [0.25, 0.3) is 0 Å². The van der Waals surface area contributed by atoms with E-state index in [1.807, 2.05) is 0 Å². The second-order valence-electron chi connectivity index (χ2n) is 4.44. The molecule has 0 amide bonds. The monoisotopic (exact) mass is 311 g/mol. The lowest BCUT2D eigenvalue weighted by molar-refractivity contribution is -0.135. The van der Waals surface area contributed by atoms with E-state index in [-0.39, 0.29) is 4.90 Å². The Morgan fingerprint density at radius 2 is 1.75 bits per heavy atom. The number of halogens is 3. The first-order chi connectivity index (χ1) is 9.04. The van der Waals surface area contributed by atoms with Crippen molar-refractivity contribution in [3.05, 3.63) is 29.8 Å². The van der Waals surface area contributed by atoms with Crippen LogP contribution in [0.25, 0.3) is 0 Å². The van der Waals surface area contributed by atoms with Gasteiger partial charge in [-0.1, -0.05) is 12.1 Å². The molecule has 1 aromatic carbocycles. The van der Waals surface area contributed by atoms with Gasteiger partial charge in [0, 0.05) is 13.6 Å². The number of aliphatic hydroxyl groups excluding tert-OH is 1. The maximum absolute atomic E-state index is 12.1. The van der Waals surface area contributed by atoms with Crippen LogP contribution in [0.5, 0.6) is 0 Å². The molecule has 20 heavy (non-hydrogen) atoms. The molecule has 0 bridgehead atoms. The van der Waals surface area contributed by atoms with Gasteiger partial charge in [0.2, 0.25) is 10.0 Å². The first kappa shape index (κ1) is 16.9. The quantitative estimate of drug-likeness (QED) is 0.908. The van der Waals surface area contributed by atoms with Crippen LogP contribution >= 0.6 is 0 Å². The van der Waals surface area contributed by atoms with Gasteiger partial charge in [-0.15, -0.1) is 0 Å². The van der Waals surface area contributed by atoms with E-state index in [1.165, 1.54) is 31.2 Å². The summed E-state index contributed by atoms with van der Waals surface area (Å²) in [5, 5.41) is 9.32. The minimum Gasteiger partial charge on any atom is -0.389 e. The lowest BCUT2D eigenvalue weighted by Crippen LogP contribution is -2.30. The highest BCUT2D eigenvalue weighted by Gasteiger charge is 2.30. The lowest BCUT2D eigenvalue weighted by atomic mass is 10.1. The molecule has 0 saturated heterocycles. The van der Waals surface area contributed by atoms with Gasteiger partial charge in [-0.25, -0.2) is 12.7 Å². The fourth-order valence-corrected chi connectivity index (χ4v) is 2.67. The second-order valence-corrected chi connectivity index (χ2v) is 6.48. The highest BCUT2D eigenvalue weighted by atomic mass is 32.2. The van der Waals surface area contributed by atoms with E-state index in [4.69, 9.17) is 0 Å². The zero-order valence-electron chi connectivity index (χ0n) is 11.1. The smallest absolute Gasteiger partial charge is 0.389 e. The van der Waals surface area contributed by atoms with Crippen molar-refractivity contribution in [2.45, 2.75) is 30.5 Å². The third-order valence-electron chi connectivity index (χ3n) is 2.78. The molecule has 8 heteroatoms. The Morgan fingerprint density at radius 1 is 1.25 bits per heavy atom. The van der Waals surface area contributed by atoms with Crippen LogP contribution in [0, 0.1) is 0 Å². The van der Waals surface area contributed by atoms with Gasteiger partial charge < -0.3 is 5.11 Å². The highest BCUT2D eigenvalue weighted by Crippen LogP contribution is 2.22. The van der Waals surface area contributed by atoms with E-state index in [0.29, 0.717) is 9.87 Å². The zero-order chi connectivity index (χ0) is 15.6. The van der Waals surface area contributed by atoms with Gasteiger partial charge in [0.15, 0.2) is 0 Å². The summed E-state index contributed by atoms with van der Waals surface area (Å²) in [5.74, 6) is 0. The van der Waals surface area contributed by atoms with Gasteiger partial charge in [-0.3, -0.25) is 0 Å². The summed E-state index contributed by atoms with van der Waals surface area (Å²) < 4.78 is 61.0. The molecule has 0 saturated carbocycles. The molecule has 0 radical (unpaired) electrons. The number of hydrogen-bond acceptors (Lipinski definition) is 3. The molecule has 0 aliphatic rings. The summed E-state index contributed by atoms with van der Waals surface area (Å²) in [7, 11) is -2.85. The molecule has 0 heterocycles. The van der Waals surface area contributed by atoms with Crippen LogP contribution in [0.1, 0.15) is 25.0 Å². The number of hydrogen-bond donors (Lipinski definition) is 1. The SMILES string of the molecule is CC(O)c1ccc(S(=O)(=O)N(C)CCC(F)(F)F)cc1. The standard InChI is InChI=1S/C12H16F3NO3S/c1-9(17)10-3-5-11(6-4-10)20(18,19)16(2)8-7-12(13,14)15/h3-6,9,17H,7-8H2,1-2H3. The van der Waals surface area contributed by atoms with Crippen LogP contribution < -0.4 is 0 Å². The molecular weight excluding hydrogens is 295 g/mol. The van der Waals surface area contributed by atoms with Crippen molar-refractivity contribution in [1.29, 1.82) is 0 Å². The highest BCUT2D eigenvalue weighted by molar-refractivity contribution is 7.89. The predicted octanol–water partition coefficient (Wildman–Crippen LogP) is 2.31. The zero-order valence-corrected chi connectivity index (χ0v) is 11.9. The average molecular weight is 311 g/mol. The molecule has 0 fully saturated rings. The molecule has 114 valence electrons. The van der Waals surface area contributed by atoms with E-state index in [2.05, 4.69) is 0 Å². The van der Waals surface area contributed by atoms with Crippen molar-refractivity contribution in [3.8, 4) is 0 Å². The minimum absolute atomic E-state index is 0.105. The summed E-state index contributed by atoms with van der Waals surface area (Å²) >= 11 is 0. The molecule has 1 atom stereocenters. The average Bonchev–Trinajstić information content (AvgIpc) is 2.35. The van der Waals surface area contributed by atoms with E-state index in [9.17, 15) is 26.7 Å². The van der Waals surface area contributed by atoms with Crippen molar-refractivity contribution in [3.63, 3.8) is 0 Å². The number of rotatable bonds is 5. The molecule has 4 nitrogen and oxygen atoms in total. The van der Waals surface area contributed by atoms with E-state index >= 15 is 0 Å². The van der Waals surface area contributed by atoms with Crippen molar-refractivity contribution in [2.24, 2.45) is 0 Å². The summed E-state index contributed by atoms with van der Waals surface area (Å²) in [6.07, 6.45) is -6.34. The van der Waals surface area contributed by atoms with Crippen molar-refractivity contribution >= 4 is 10.0 Å². The van der Waals surface area contributed by atoms with Crippen LogP contribution in [-0.4, -0.2) is 37.6 Å².